The molecular weight excluding hydrogens is 126 g/mol. The Morgan fingerprint density at radius 2 is 2.40 bits per heavy atom. The summed E-state index contributed by atoms with van der Waals surface area (Å²) in [4.78, 5) is 4.12. The van der Waals surface area contributed by atoms with E-state index in [0.717, 1.165) is 11.3 Å². The van der Waals surface area contributed by atoms with Crippen molar-refractivity contribution in [1.82, 2.24) is 14.6 Å². The number of fused-ring (bicyclic) bond motifs is 1. The average molecular weight is 133 g/mol. The van der Waals surface area contributed by atoms with Gasteiger partial charge in [0, 0.05) is 6.20 Å². The third kappa shape index (κ3) is 0.603. The number of hydrogen-bond donors (Lipinski definition) is 0. The number of rotatable bonds is 0. The topological polar surface area (TPSA) is 30.2 Å². The summed E-state index contributed by atoms with van der Waals surface area (Å²) in [6.07, 6.45) is 3.56. The highest BCUT2D eigenvalue weighted by atomic mass is 15.2. The molecule has 0 aliphatic heterocycles. The highest BCUT2D eigenvalue weighted by Crippen LogP contribution is 2.00. The molecule has 2 aromatic heterocycles. The Morgan fingerprint density at radius 1 is 1.50 bits per heavy atom. The molecule has 2 heterocycles. The second kappa shape index (κ2) is 1.80. The largest absolute Gasteiger partial charge is 0.235 e. The SMILES string of the molecule is Cc1cnc2cccnn12. The van der Waals surface area contributed by atoms with E-state index in [1.54, 1.807) is 10.7 Å². The minimum absolute atomic E-state index is 0.903. The first-order chi connectivity index (χ1) is 4.88. The molecule has 0 saturated carbocycles. The van der Waals surface area contributed by atoms with Gasteiger partial charge in [-0.2, -0.15) is 5.10 Å². The second-order valence-electron chi connectivity index (χ2n) is 2.19. The van der Waals surface area contributed by atoms with Crippen LogP contribution in [0.25, 0.3) is 5.65 Å². The van der Waals surface area contributed by atoms with Crippen molar-refractivity contribution in [3.8, 4) is 0 Å². The van der Waals surface area contributed by atoms with Crippen molar-refractivity contribution in [2.24, 2.45) is 0 Å². The van der Waals surface area contributed by atoms with Crippen molar-refractivity contribution in [2.75, 3.05) is 0 Å². The molecular formula is C7H7N3. The molecule has 0 aliphatic rings. The predicted molar refractivity (Wildman–Crippen MR) is 37.7 cm³/mol. The molecule has 0 saturated heterocycles. The van der Waals surface area contributed by atoms with E-state index in [0.29, 0.717) is 0 Å². The van der Waals surface area contributed by atoms with Crippen molar-refractivity contribution in [3.05, 3.63) is 30.2 Å². The van der Waals surface area contributed by atoms with Gasteiger partial charge in [0.25, 0.3) is 0 Å². The number of imidazole rings is 1. The summed E-state index contributed by atoms with van der Waals surface area (Å²) in [5.74, 6) is 0. The maximum absolute atomic E-state index is 4.12. The number of hydrogen-bond acceptors (Lipinski definition) is 2. The van der Waals surface area contributed by atoms with Crippen molar-refractivity contribution in [1.29, 1.82) is 0 Å². The Balaban J connectivity index is 2.93. The summed E-state index contributed by atoms with van der Waals surface area (Å²) < 4.78 is 1.81. The number of aromatic nitrogens is 3. The molecule has 0 atom stereocenters. The lowest BCUT2D eigenvalue weighted by Gasteiger charge is -1.90. The summed E-state index contributed by atoms with van der Waals surface area (Å²) >= 11 is 0. The molecule has 0 fully saturated rings. The van der Waals surface area contributed by atoms with Crippen LogP contribution in [0.15, 0.2) is 24.5 Å². The van der Waals surface area contributed by atoms with Gasteiger partial charge in [-0.05, 0) is 19.1 Å². The van der Waals surface area contributed by atoms with E-state index >= 15 is 0 Å². The van der Waals surface area contributed by atoms with Crippen molar-refractivity contribution < 1.29 is 0 Å². The third-order valence-corrected chi connectivity index (χ3v) is 1.45. The monoisotopic (exact) mass is 133 g/mol. The molecule has 0 bridgehead atoms. The molecule has 0 spiro atoms. The van der Waals surface area contributed by atoms with Gasteiger partial charge in [0.15, 0.2) is 5.65 Å². The molecule has 3 nitrogen and oxygen atoms in total. The van der Waals surface area contributed by atoms with Gasteiger partial charge < -0.3 is 0 Å². The molecule has 2 aromatic rings. The fourth-order valence-corrected chi connectivity index (χ4v) is 0.948. The molecule has 10 heavy (non-hydrogen) atoms. The Morgan fingerprint density at radius 3 is 3.20 bits per heavy atom. The van der Waals surface area contributed by atoms with Gasteiger partial charge in [0.1, 0.15) is 0 Å². The lowest BCUT2D eigenvalue weighted by atomic mass is 10.5. The molecule has 0 N–H and O–H groups in total. The van der Waals surface area contributed by atoms with Crippen LogP contribution in [-0.4, -0.2) is 14.6 Å². The van der Waals surface area contributed by atoms with Crippen LogP contribution < -0.4 is 0 Å². The summed E-state index contributed by atoms with van der Waals surface area (Å²) in [6.45, 7) is 1.98. The van der Waals surface area contributed by atoms with Crippen molar-refractivity contribution in [3.63, 3.8) is 0 Å². The van der Waals surface area contributed by atoms with E-state index in [-0.39, 0.29) is 0 Å². The molecule has 3 heteroatoms. The van der Waals surface area contributed by atoms with Gasteiger partial charge in [-0.3, -0.25) is 0 Å². The predicted octanol–water partition coefficient (Wildman–Crippen LogP) is 1.04. The fourth-order valence-electron chi connectivity index (χ4n) is 0.948. The normalized spacial score (nSPS) is 10.5. The zero-order valence-electron chi connectivity index (χ0n) is 5.65. The molecule has 50 valence electrons. The van der Waals surface area contributed by atoms with Crippen LogP contribution in [0.3, 0.4) is 0 Å². The molecule has 0 aliphatic carbocycles. The first kappa shape index (κ1) is 5.41. The van der Waals surface area contributed by atoms with E-state index in [1.165, 1.54) is 0 Å². The van der Waals surface area contributed by atoms with Crippen LogP contribution in [0.2, 0.25) is 0 Å². The first-order valence-corrected chi connectivity index (χ1v) is 3.13. The van der Waals surface area contributed by atoms with Crippen LogP contribution in [0, 0.1) is 6.92 Å². The zero-order valence-corrected chi connectivity index (χ0v) is 5.65. The number of nitrogens with zero attached hydrogens (tertiary/aromatic N) is 3. The third-order valence-electron chi connectivity index (χ3n) is 1.45. The van der Waals surface area contributed by atoms with E-state index in [1.807, 2.05) is 25.3 Å². The Kier molecular flexibility index (Phi) is 0.974. The van der Waals surface area contributed by atoms with E-state index < -0.39 is 0 Å². The lowest BCUT2D eigenvalue weighted by Crippen LogP contribution is -1.90. The van der Waals surface area contributed by atoms with E-state index in [2.05, 4.69) is 10.1 Å². The van der Waals surface area contributed by atoms with Crippen LogP contribution in [-0.2, 0) is 0 Å². The summed E-state index contributed by atoms with van der Waals surface area (Å²) in [5, 5.41) is 4.09. The zero-order chi connectivity index (χ0) is 6.97. The first-order valence-electron chi connectivity index (χ1n) is 3.13. The minimum Gasteiger partial charge on any atom is -0.235 e. The van der Waals surface area contributed by atoms with Gasteiger partial charge in [0.05, 0.1) is 11.9 Å². The van der Waals surface area contributed by atoms with Crippen molar-refractivity contribution >= 4 is 5.65 Å². The highest BCUT2D eigenvalue weighted by molar-refractivity contribution is 5.36. The van der Waals surface area contributed by atoms with Gasteiger partial charge in [-0.25, -0.2) is 9.50 Å². The molecule has 0 amide bonds. The summed E-state index contributed by atoms with van der Waals surface area (Å²) in [5.41, 5.74) is 1.97. The molecule has 0 radical (unpaired) electrons. The van der Waals surface area contributed by atoms with Crippen LogP contribution in [0.1, 0.15) is 5.69 Å². The fraction of sp³-hybridized carbons (Fsp3) is 0.143. The van der Waals surface area contributed by atoms with Gasteiger partial charge >= 0.3 is 0 Å². The molecule has 2 rings (SSSR count). The Hall–Kier alpha value is -1.38. The lowest BCUT2D eigenvalue weighted by molar-refractivity contribution is 0.899. The minimum atomic E-state index is 0.903. The Bertz CT molecular complexity index is 350. The maximum atomic E-state index is 4.12. The summed E-state index contributed by atoms with van der Waals surface area (Å²) in [6, 6.07) is 3.81. The Labute approximate surface area is 58.3 Å². The van der Waals surface area contributed by atoms with Crippen LogP contribution in [0.5, 0.6) is 0 Å². The van der Waals surface area contributed by atoms with Gasteiger partial charge in [0.2, 0.25) is 0 Å². The average Bonchev–Trinajstić information content (AvgIpc) is 2.34. The standard InChI is InChI=1S/C7H7N3/c1-6-5-8-7-3-2-4-9-10(6)7/h2-5H,1H3. The van der Waals surface area contributed by atoms with Crippen LogP contribution in [0.4, 0.5) is 0 Å². The van der Waals surface area contributed by atoms with Gasteiger partial charge in [-0.1, -0.05) is 0 Å². The van der Waals surface area contributed by atoms with E-state index in [4.69, 9.17) is 0 Å². The van der Waals surface area contributed by atoms with Crippen molar-refractivity contribution in [2.45, 2.75) is 6.92 Å². The van der Waals surface area contributed by atoms with Crippen LogP contribution >= 0.6 is 0 Å². The smallest absolute Gasteiger partial charge is 0.153 e. The highest BCUT2D eigenvalue weighted by Gasteiger charge is 1.94. The maximum Gasteiger partial charge on any atom is 0.153 e. The molecule has 0 aromatic carbocycles. The van der Waals surface area contributed by atoms with Gasteiger partial charge in [-0.15, -0.1) is 0 Å². The number of aryl methyl sites for hydroxylation is 1. The second-order valence-corrected chi connectivity index (χ2v) is 2.19. The molecule has 0 unspecified atom stereocenters. The van der Waals surface area contributed by atoms with E-state index in [9.17, 15) is 0 Å². The summed E-state index contributed by atoms with van der Waals surface area (Å²) in [7, 11) is 0. The quantitative estimate of drug-likeness (QED) is 0.537.